The fourth-order valence-electron chi connectivity index (χ4n) is 1.77. The van der Waals surface area contributed by atoms with Crippen molar-refractivity contribution in [3.63, 3.8) is 0 Å². The zero-order chi connectivity index (χ0) is 13.6. The predicted octanol–water partition coefficient (Wildman–Crippen LogP) is 3.38. The van der Waals surface area contributed by atoms with Gasteiger partial charge in [-0.15, -0.1) is 10.1 Å². The second-order valence-electron chi connectivity index (χ2n) is 4.27. The number of nitrogens with zero attached hydrogens (tertiary/aromatic N) is 2. The number of unbranched alkanes of at least 4 members (excludes halogenated alkanes) is 5. The molecule has 0 atom stereocenters. The van der Waals surface area contributed by atoms with Crippen LogP contribution in [0.15, 0.2) is 24.4 Å². The minimum Gasteiger partial charge on any atom is -0.374 e. The Bertz CT molecular complexity index is 261. The van der Waals surface area contributed by atoms with Crippen molar-refractivity contribution >= 4 is 0 Å². The lowest BCUT2D eigenvalue weighted by Crippen LogP contribution is -2.19. The molecule has 0 aromatic carbocycles. The van der Waals surface area contributed by atoms with E-state index in [1.807, 2.05) is 0 Å². The van der Waals surface area contributed by atoms with E-state index in [1.165, 1.54) is 45.1 Å². The van der Waals surface area contributed by atoms with Gasteiger partial charge in [0.25, 0.3) is 5.09 Å². The molecule has 0 spiro atoms. The highest BCUT2D eigenvalue weighted by Gasteiger charge is 1.98. The lowest BCUT2D eigenvalue weighted by atomic mass is 10.1. The van der Waals surface area contributed by atoms with Crippen molar-refractivity contribution in [2.24, 2.45) is 0 Å². The summed E-state index contributed by atoms with van der Waals surface area (Å²) < 4.78 is 0. The molecular formula is C13H24N2O3. The van der Waals surface area contributed by atoms with Gasteiger partial charge in [0.05, 0.1) is 0 Å². The number of rotatable bonds is 7. The molecule has 0 aromatic rings. The van der Waals surface area contributed by atoms with E-state index in [9.17, 15) is 0 Å². The van der Waals surface area contributed by atoms with Crippen molar-refractivity contribution in [3.05, 3.63) is 34.5 Å². The molecule has 1 N–H and O–H groups in total. The SMILES string of the molecule is CCCCCCCCN1C=CC=CC1.O=[N+]([O-])O. The quantitative estimate of drug-likeness (QED) is 0.431. The van der Waals surface area contributed by atoms with Crippen molar-refractivity contribution in [1.29, 1.82) is 0 Å². The minimum atomic E-state index is -1.50. The summed E-state index contributed by atoms with van der Waals surface area (Å²) in [5.41, 5.74) is 0. The van der Waals surface area contributed by atoms with Gasteiger partial charge in [-0.05, 0) is 18.7 Å². The molecule has 0 saturated carbocycles. The highest BCUT2D eigenvalue weighted by atomic mass is 16.9. The Labute approximate surface area is 109 Å². The van der Waals surface area contributed by atoms with Gasteiger partial charge in [-0.2, -0.15) is 0 Å². The van der Waals surface area contributed by atoms with Crippen molar-refractivity contribution in [3.8, 4) is 0 Å². The third-order valence-corrected chi connectivity index (χ3v) is 2.68. The van der Waals surface area contributed by atoms with Gasteiger partial charge in [0, 0.05) is 13.1 Å². The van der Waals surface area contributed by atoms with E-state index in [4.69, 9.17) is 15.3 Å². The second-order valence-corrected chi connectivity index (χ2v) is 4.27. The molecule has 0 unspecified atom stereocenters. The molecule has 0 amide bonds. The molecule has 5 nitrogen and oxygen atoms in total. The van der Waals surface area contributed by atoms with Gasteiger partial charge in [0.15, 0.2) is 0 Å². The van der Waals surface area contributed by atoms with Gasteiger partial charge in [-0.25, -0.2) is 0 Å². The van der Waals surface area contributed by atoms with Crippen LogP contribution in [0.5, 0.6) is 0 Å². The number of allylic oxidation sites excluding steroid dienone is 2. The van der Waals surface area contributed by atoms with Gasteiger partial charge in [0.2, 0.25) is 0 Å². The van der Waals surface area contributed by atoms with E-state index < -0.39 is 5.09 Å². The molecule has 1 rings (SSSR count). The summed E-state index contributed by atoms with van der Waals surface area (Å²) in [6.07, 6.45) is 17.0. The smallest absolute Gasteiger partial charge is 0.291 e. The summed E-state index contributed by atoms with van der Waals surface area (Å²) in [7, 11) is 0. The molecule has 5 heteroatoms. The van der Waals surface area contributed by atoms with Crippen LogP contribution in [0.25, 0.3) is 0 Å². The van der Waals surface area contributed by atoms with Crippen LogP contribution in [0.1, 0.15) is 45.4 Å². The number of hydrogen-bond donors (Lipinski definition) is 1. The fourth-order valence-corrected chi connectivity index (χ4v) is 1.77. The van der Waals surface area contributed by atoms with Crippen LogP contribution < -0.4 is 0 Å². The van der Waals surface area contributed by atoms with Crippen LogP contribution in [-0.2, 0) is 0 Å². The van der Waals surface area contributed by atoms with Gasteiger partial charge in [0.1, 0.15) is 0 Å². The molecule has 0 aromatic heterocycles. The first-order valence-electron chi connectivity index (χ1n) is 6.57. The summed E-state index contributed by atoms with van der Waals surface area (Å²) in [6, 6.07) is 0. The zero-order valence-electron chi connectivity index (χ0n) is 11.1. The zero-order valence-corrected chi connectivity index (χ0v) is 11.1. The van der Waals surface area contributed by atoms with Gasteiger partial charge >= 0.3 is 0 Å². The van der Waals surface area contributed by atoms with Crippen LogP contribution in [0.2, 0.25) is 0 Å². The van der Waals surface area contributed by atoms with Crippen molar-refractivity contribution in [2.75, 3.05) is 13.1 Å². The lowest BCUT2D eigenvalue weighted by molar-refractivity contribution is -0.742. The largest absolute Gasteiger partial charge is 0.374 e. The molecule has 1 aliphatic heterocycles. The first-order chi connectivity index (χ1) is 8.66. The first-order valence-corrected chi connectivity index (χ1v) is 6.57. The van der Waals surface area contributed by atoms with Crippen molar-refractivity contribution in [2.45, 2.75) is 45.4 Å². The van der Waals surface area contributed by atoms with Crippen molar-refractivity contribution in [1.82, 2.24) is 4.90 Å². The maximum atomic E-state index is 8.36. The topological polar surface area (TPSA) is 66.6 Å². The van der Waals surface area contributed by atoms with Crippen LogP contribution in [0, 0.1) is 10.1 Å². The normalized spacial score (nSPS) is 13.1. The van der Waals surface area contributed by atoms with Crippen LogP contribution in [0.3, 0.4) is 0 Å². The molecule has 18 heavy (non-hydrogen) atoms. The van der Waals surface area contributed by atoms with E-state index in [-0.39, 0.29) is 0 Å². The van der Waals surface area contributed by atoms with E-state index in [2.05, 4.69) is 36.3 Å². The Morgan fingerprint density at radius 1 is 1.22 bits per heavy atom. The minimum absolute atomic E-state index is 1.10. The Kier molecular flexibility index (Phi) is 10.9. The highest BCUT2D eigenvalue weighted by Crippen LogP contribution is 2.07. The summed E-state index contributed by atoms with van der Waals surface area (Å²) in [4.78, 5) is 10.7. The molecule has 1 aliphatic rings. The summed E-state index contributed by atoms with van der Waals surface area (Å²) in [6.45, 7) is 4.60. The summed E-state index contributed by atoms with van der Waals surface area (Å²) >= 11 is 0. The maximum Gasteiger partial charge on any atom is 0.291 e. The van der Waals surface area contributed by atoms with Crippen LogP contribution >= 0.6 is 0 Å². The third-order valence-electron chi connectivity index (χ3n) is 2.68. The fraction of sp³-hybridized carbons (Fsp3) is 0.692. The molecule has 0 bridgehead atoms. The summed E-state index contributed by atoms with van der Waals surface area (Å²) in [5, 5.41) is 13.6. The second kappa shape index (κ2) is 12.0. The molecule has 0 fully saturated rings. The van der Waals surface area contributed by atoms with Crippen molar-refractivity contribution < 1.29 is 10.3 Å². The third kappa shape index (κ3) is 12.5. The molecule has 0 aliphatic carbocycles. The van der Waals surface area contributed by atoms with Gasteiger partial charge in [-0.3, -0.25) is 0 Å². The molecule has 0 radical (unpaired) electrons. The summed E-state index contributed by atoms with van der Waals surface area (Å²) in [5.74, 6) is 0. The maximum absolute atomic E-state index is 8.36. The standard InChI is InChI=1S/C13H23N.HNO3/c1-2-3-4-5-6-8-11-14-12-9-7-10-13-14;2-1(3)4/h7,9-10,12H,2-6,8,11,13H2,1H3;(H,2,3,4). The Morgan fingerprint density at radius 2 is 1.83 bits per heavy atom. The molecule has 104 valence electrons. The molecule has 0 saturated heterocycles. The van der Waals surface area contributed by atoms with Crippen LogP contribution in [0.4, 0.5) is 0 Å². The van der Waals surface area contributed by atoms with Gasteiger partial charge in [-0.1, -0.05) is 51.2 Å². The predicted molar refractivity (Wildman–Crippen MR) is 72.0 cm³/mol. The molecule has 1 heterocycles. The Morgan fingerprint density at radius 3 is 2.39 bits per heavy atom. The first kappa shape index (κ1) is 16.5. The lowest BCUT2D eigenvalue weighted by Gasteiger charge is -2.20. The highest BCUT2D eigenvalue weighted by molar-refractivity contribution is 5.08. The molecular weight excluding hydrogens is 232 g/mol. The average Bonchev–Trinajstić information content (AvgIpc) is 2.34. The monoisotopic (exact) mass is 256 g/mol. The van der Waals surface area contributed by atoms with Crippen LogP contribution in [-0.4, -0.2) is 28.3 Å². The van der Waals surface area contributed by atoms with Gasteiger partial charge < -0.3 is 10.1 Å². The Balaban J connectivity index is 0.000000631. The van der Waals surface area contributed by atoms with E-state index in [0.717, 1.165) is 6.54 Å². The number of hydrogen-bond acceptors (Lipinski definition) is 3. The van der Waals surface area contributed by atoms with E-state index in [0.29, 0.717) is 0 Å². The van der Waals surface area contributed by atoms with E-state index in [1.54, 1.807) is 0 Å². The Hall–Kier alpha value is -1.52. The average molecular weight is 256 g/mol. The van der Waals surface area contributed by atoms with E-state index >= 15 is 0 Å².